The van der Waals surface area contributed by atoms with Gasteiger partial charge >= 0.3 is 0 Å². The molecule has 5 nitrogen and oxygen atoms in total. The lowest BCUT2D eigenvalue weighted by atomic mass is 10.0. The van der Waals surface area contributed by atoms with E-state index in [0.29, 0.717) is 18.8 Å². The monoisotopic (exact) mass is 423 g/mol. The van der Waals surface area contributed by atoms with Crippen LogP contribution in [0.25, 0.3) is 0 Å². The maximum absolute atomic E-state index is 9.27. The Balaban J connectivity index is 0.00000196. The van der Waals surface area contributed by atoms with E-state index in [1.54, 1.807) is 7.11 Å². The largest absolute Gasteiger partial charge is 0.493 e. The van der Waals surface area contributed by atoms with E-state index in [0.717, 1.165) is 43.1 Å². The number of nitrogens with zero attached hydrogens (tertiary/aromatic N) is 2. The van der Waals surface area contributed by atoms with Crippen molar-refractivity contribution >= 4 is 24.8 Å². The summed E-state index contributed by atoms with van der Waals surface area (Å²) in [5.74, 6) is 1.42. The molecule has 0 aliphatic carbocycles. The van der Waals surface area contributed by atoms with E-state index in [9.17, 15) is 5.26 Å². The first kappa shape index (κ1) is 24.1. The summed E-state index contributed by atoms with van der Waals surface area (Å²) in [5.41, 5.74) is 2.21. The van der Waals surface area contributed by atoms with Crippen molar-refractivity contribution in [1.29, 1.82) is 5.26 Å². The highest BCUT2D eigenvalue weighted by Gasteiger charge is 2.23. The molecule has 1 fully saturated rings. The number of ether oxygens (including phenoxy) is 2. The summed E-state index contributed by atoms with van der Waals surface area (Å²) in [6.07, 6.45) is 0.466. The number of hydrogen-bond acceptors (Lipinski definition) is 5. The first-order valence-corrected chi connectivity index (χ1v) is 8.98. The zero-order valence-corrected chi connectivity index (χ0v) is 17.6. The molecule has 1 aliphatic rings. The smallest absolute Gasteiger partial charge is 0.161 e. The van der Waals surface area contributed by atoms with Crippen molar-refractivity contribution in [2.24, 2.45) is 0 Å². The Bertz CT molecular complexity index is 747. The predicted octanol–water partition coefficient (Wildman–Crippen LogP) is 3.98. The van der Waals surface area contributed by atoms with Crippen LogP contribution in [0, 0.1) is 11.3 Å². The molecule has 1 atom stereocenters. The van der Waals surface area contributed by atoms with Gasteiger partial charge in [0.25, 0.3) is 0 Å². The van der Waals surface area contributed by atoms with Gasteiger partial charge in [0.05, 0.1) is 19.6 Å². The Morgan fingerprint density at radius 1 is 1.07 bits per heavy atom. The highest BCUT2D eigenvalue weighted by atomic mass is 35.5. The number of benzene rings is 2. The van der Waals surface area contributed by atoms with Crippen LogP contribution in [0.5, 0.6) is 11.5 Å². The molecule has 0 saturated carbocycles. The zero-order chi connectivity index (χ0) is 18.2. The van der Waals surface area contributed by atoms with Crippen LogP contribution in [0.4, 0.5) is 0 Å². The van der Waals surface area contributed by atoms with Gasteiger partial charge in [-0.15, -0.1) is 24.8 Å². The van der Waals surface area contributed by atoms with E-state index in [4.69, 9.17) is 9.47 Å². The number of nitrogens with one attached hydrogen (secondary N) is 1. The molecule has 0 radical (unpaired) electrons. The number of nitriles is 1. The Hall–Kier alpha value is -1.97. The summed E-state index contributed by atoms with van der Waals surface area (Å²) in [7, 11) is 1.65. The highest BCUT2D eigenvalue weighted by molar-refractivity contribution is 5.85. The zero-order valence-electron chi connectivity index (χ0n) is 16.0. The average molecular weight is 424 g/mol. The first-order valence-electron chi connectivity index (χ1n) is 8.98. The van der Waals surface area contributed by atoms with Crippen molar-refractivity contribution in [3.63, 3.8) is 0 Å². The summed E-state index contributed by atoms with van der Waals surface area (Å²) in [5, 5.41) is 12.6. The van der Waals surface area contributed by atoms with E-state index < -0.39 is 0 Å². The average Bonchev–Trinajstić information content (AvgIpc) is 2.72. The van der Waals surface area contributed by atoms with Crippen LogP contribution in [-0.4, -0.2) is 38.2 Å². The predicted molar refractivity (Wildman–Crippen MR) is 116 cm³/mol. The van der Waals surface area contributed by atoms with Crippen molar-refractivity contribution in [3.8, 4) is 17.6 Å². The van der Waals surface area contributed by atoms with Crippen molar-refractivity contribution in [1.82, 2.24) is 10.2 Å². The molecule has 3 rings (SSSR count). The SMILES string of the molecule is COc1cc([C@H](CC#N)N2CCNCC2)ccc1OCc1ccccc1.Cl.Cl. The minimum absolute atomic E-state index is 0. The molecular formula is C21H27Cl2N3O2. The Labute approximate surface area is 179 Å². The summed E-state index contributed by atoms with van der Waals surface area (Å²) in [6, 6.07) is 18.5. The van der Waals surface area contributed by atoms with Crippen LogP contribution in [-0.2, 0) is 6.61 Å². The molecule has 1 heterocycles. The topological polar surface area (TPSA) is 57.5 Å². The van der Waals surface area contributed by atoms with Gasteiger partial charge in [0, 0.05) is 32.2 Å². The fourth-order valence-corrected chi connectivity index (χ4v) is 3.28. The second-order valence-corrected chi connectivity index (χ2v) is 6.35. The van der Waals surface area contributed by atoms with Crippen molar-refractivity contribution in [2.45, 2.75) is 19.1 Å². The molecule has 1 saturated heterocycles. The lowest BCUT2D eigenvalue weighted by molar-refractivity contribution is 0.175. The van der Waals surface area contributed by atoms with E-state index in [1.807, 2.05) is 48.5 Å². The molecule has 2 aromatic carbocycles. The van der Waals surface area contributed by atoms with Crippen LogP contribution in [0.1, 0.15) is 23.6 Å². The maximum atomic E-state index is 9.27. The third-order valence-electron chi connectivity index (χ3n) is 4.69. The van der Waals surface area contributed by atoms with Gasteiger partial charge in [-0.25, -0.2) is 0 Å². The number of methoxy groups -OCH3 is 1. The molecule has 7 heteroatoms. The molecule has 0 aromatic heterocycles. The van der Waals surface area contributed by atoms with E-state index in [-0.39, 0.29) is 30.9 Å². The third-order valence-corrected chi connectivity index (χ3v) is 4.69. The van der Waals surface area contributed by atoms with Crippen LogP contribution in [0.15, 0.2) is 48.5 Å². The lowest BCUT2D eigenvalue weighted by Crippen LogP contribution is -2.45. The lowest BCUT2D eigenvalue weighted by Gasteiger charge is -2.34. The molecule has 0 bridgehead atoms. The quantitative estimate of drug-likeness (QED) is 0.729. The molecular weight excluding hydrogens is 397 g/mol. The van der Waals surface area contributed by atoms with Gasteiger partial charge in [0.15, 0.2) is 11.5 Å². The fraction of sp³-hybridized carbons (Fsp3) is 0.381. The van der Waals surface area contributed by atoms with Crippen LogP contribution in [0.3, 0.4) is 0 Å². The summed E-state index contributed by atoms with van der Waals surface area (Å²) >= 11 is 0. The summed E-state index contributed by atoms with van der Waals surface area (Å²) in [4.78, 5) is 2.36. The normalized spacial score (nSPS) is 14.7. The van der Waals surface area contributed by atoms with Gasteiger partial charge in [-0.3, -0.25) is 4.90 Å². The second kappa shape index (κ2) is 12.5. The van der Waals surface area contributed by atoms with Crippen molar-refractivity contribution in [3.05, 3.63) is 59.7 Å². The highest BCUT2D eigenvalue weighted by Crippen LogP contribution is 2.34. The summed E-state index contributed by atoms with van der Waals surface area (Å²) in [6.45, 7) is 4.30. The fourth-order valence-electron chi connectivity index (χ4n) is 3.28. The van der Waals surface area contributed by atoms with Crippen molar-refractivity contribution < 1.29 is 9.47 Å². The third kappa shape index (κ3) is 6.29. The Morgan fingerprint density at radius 3 is 2.43 bits per heavy atom. The van der Waals surface area contributed by atoms with Crippen LogP contribution < -0.4 is 14.8 Å². The van der Waals surface area contributed by atoms with Gasteiger partial charge in [-0.2, -0.15) is 5.26 Å². The Morgan fingerprint density at radius 2 is 1.79 bits per heavy atom. The molecule has 1 aliphatic heterocycles. The number of hydrogen-bond donors (Lipinski definition) is 1. The van der Waals surface area contributed by atoms with Gasteiger partial charge in [0.1, 0.15) is 6.61 Å². The molecule has 152 valence electrons. The first-order chi connectivity index (χ1) is 12.8. The minimum Gasteiger partial charge on any atom is -0.493 e. The number of piperazine rings is 1. The van der Waals surface area contributed by atoms with Crippen molar-refractivity contribution in [2.75, 3.05) is 33.3 Å². The van der Waals surface area contributed by atoms with Gasteiger partial charge in [0.2, 0.25) is 0 Å². The van der Waals surface area contributed by atoms with Gasteiger partial charge in [-0.05, 0) is 23.3 Å². The van der Waals surface area contributed by atoms with Gasteiger partial charge in [-0.1, -0.05) is 36.4 Å². The van der Waals surface area contributed by atoms with Crippen LogP contribution in [0.2, 0.25) is 0 Å². The molecule has 2 aromatic rings. The maximum Gasteiger partial charge on any atom is 0.161 e. The minimum atomic E-state index is 0. The molecule has 0 unspecified atom stereocenters. The molecule has 28 heavy (non-hydrogen) atoms. The molecule has 0 spiro atoms. The molecule has 1 N–H and O–H groups in total. The number of rotatable bonds is 7. The standard InChI is InChI=1S/C21H25N3O2.2ClH/c1-25-21-15-18(19(9-10-22)24-13-11-23-12-14-24)7-8-20(21)26-16-17-5-3-2-4-6-17;;/h2-8,15,19,23H,9,11-14,16H2,1H3;2*1H/t19-;;/m0../s1. The van der Waals surface area contributed by atoms with E-state index in [2.05, 4.69) is 16.3 Å². The van der Waals surface area contributed by atoms with E-state index >= 15 is 0 Å². The summed E-state index contributed by atoms with van der Waals surface area (Å²) < 4.78 is 11.5. The second-order valence-electron chi connectivity index (χ2n) is 6.35. The Kier molecular flexibility index (Phi) is 10.7. The number of halogens is 2. The van der Waals surface area contributed by atoms with Gasteiger partial charge < -0.3 is 14.8 Å². The van der Waals surface area contributed by atoms with E-state index in [1.165, 1.54) is 0 Å². The van der Waals surface area contributed by atoms with Crippen LogP contribution >= 0.6 is 24.8 Å². The molecule has 0 amide bonds.